The number of nitrogens with one attached hydrogen (secondary N) is 3. The highest BCUT2D eigenvalue weighted by atomic mass is 16.5. The van der Waals surface area contributed by atoms with Crippen molar-refractivity contribution in [2.75, 3.05) is 18.5 Å². The molecule has 7 nitrogen and oxygen atoms in total. The minimum Gasteiger partial charge on any atom is -0.491 e. The summed E-state index contributed by atoms with van der Waals surface area (Å²) in [5.41, 5.74) is 1.99. The molecule has 1 heterocycles. The molecule has 0 spiro atoms. The molecule has 3 rings (SSSR count). The van der Waals surface area contributed by atoms with Crippen LogP contribution >= 0.6 is 0 Å². The van der Waals surface area contributed by atoms with Gasteiger partial charge in [0.15, 0.2) is 0 Å². The van der Waals surface area contributed by atoms with Gasteiger partial charge < -0.3 is 20.7 Å². The number of benzene rings is 2. The molecule has 0 aliphatic rings. The topological polar surface area (TPSA) is 92.4 Å². The van der Waals surface area contributed by atoms with Gasteiger partial charge in [0.1, 0.15) is 11.3 Å². The number of carbonyl (C=O) groups excluding carboxylic acids is 2. The Balaban J connectivity index is 1.42. The van der Waals surface area contributed by atoms with Crippen molar-refractivity contribution < 1.29 is 14.3 Å². The molecule has 0 unspecified atom stereocenters. The molecule has 0 atom stereocenters. The van der Waals surface area contributed by atoms with Gasteiger partial charge >= 0.3 is 6.03 Å². The van der Waals surface area contributed by atoms with E-state index in [1.807, 2.05) is 44.2 Å². The molecule has 30 heavy (non-hydrogen) atoms. The summed E-state index contributed by atoms with van der Waals surface area (Å²) in [4.78, 5) is 28.3. The third-order valence-electron chi connectivity index (χ3n) is 4.28. The number of fused-ring (bicyclic) bond motifs is 1. The maximum atomic E-state index is 12.3. The summed E-state index contributed by atoms with van der Waals surface area (Å²) in [6, 6.07) is 16.2. The average molecular weight is 406 g/mol. The van der Waals surface area contributed by atoms with Gasteiger partial charge in [-0.05, 0) is 56.7 Å². The maximum absolute atomic E-state index is 12.3. The fourth-order valence-corrected chi connectivity index (χ4v) is 2.89. The van der Waals surface area contributed by atoms with Gasteiger partial charge in [0, 0.05) is 35.4 Å². The monoisotopic (exact) mass is 406 g/mol. The van der Waals surface area contributed by atoms with Crippen molar-refractivity contribution in [1.82, 2.24) is 15.6 Å². The van der Waals surface area contributed by atoms with E-state index < -0.39 is 0 Å². The maximum Gasteiger partial charge on any atom is 0.319 e. The number of amides is 3. The van der Waals surface area contributed by atoms with Gasteiger partial charge in [0.05, 0.1) is 6.61 Å². The Kier molecular flexibility index (Phi) is 7.21. The summed E-state index contributed by atoms with van der Waals surface area (Å²) in [5, 5.41) is 9.37. The van der Waals surface area contributed by atoms with Crippen molar-refractivity contribution >= 4 is 28.5 Å². The van der Waals surface area contributed by atoms with Crippen LogP contribution in [0.3, 0.4) is 0 Å². The van der Waals surface area contributed by atoms with Crippen LogP contribution in [0.25, 0.3) is 10.9 Å². The summed E-state index contributed by atoms with van der Waals surface area (Å²) >= 11 is 0. The zero-order chi connectivity index (χ0) is 21.3. The van der Waals surface area contributed by atoms with Crippen molar-refractivity contribution in [3.05, 3.63) is 66.4 Å². The van der Waals surface area contributed by atoms with E-state index in [1.54, 1.807) is 30.5 Å². The van der Waals surface area contributed by atoms with Crippen LogP contribution in [0.15, 0.2) is 60.8 Å². The van der Waals surface area contributed by atoms with Crippen molar-refractivity contribution in [3.8, 4) is 5.75 Å². The number of urea groups is 1. The quantitative estimate of drug-likeness (QED) is 0.494. The Morgan fingerprint density at radius 1 is 1.03 bits per heavy atom. The van der Waals surface area contributed by atoms with E-state index in [1.165, 1.54) is 0 Å². The number of pyridine rings is 1. The SMILES string of the molecule is CC(C)NC(=O)Nc1ccc(C(=O)NCCCOc2cccc3cccnc23)cc1. The lowest BCUT2D eigenvalue weighted by Crippen LogP contribution is -2.34. The molecule has 0 radical (unpaired) electrons. The number of nitrogens with zero attached hydrogens (tertiary/aromatic N) is 1. The highest BCUT2D eigenvalue weighted by Gasteiger charge is 2.07. The summed E-state index contributed by atoms with van der Waals surface area (Å²) in [5.74, 6) is 0.573. The first-order chi connectivity index (χ1) is 14.5. The first kappa shape index (κ1) is 21.1. The molecule has 0 fully saturated rings. The number of ether oxygens (including phenoxy) is 1. The molecule has 0 saturated carbocycles. The third kappa shape index (κ3) is 5.94. The molecular weight excluding hydrogens is 380 g/mol. The number of aromatic nitrogens is 1. The molecule has 3 amide bonds. The Labute approximate surface area is 175 Å². The van der Waals surface area contributed by atoms with Crippen molar-refractivity contribution in [2.45, 2.75) is 26.3 Å². The lowest BCUT2D eigenvalue weighted by molar-refractivity contribution is 0.0951. The molecule has 3 aromatic rings. The molecule has 2 aromatic carbocycles. The van der Waals surface area contributed by atoms with E-state index in [2.05, 4.69) is 20.9 Å². The Hall–Kier alpha value is -3.61. The zero-order valence-corrected chi connectivity index (χ0v) is 17.1. The number of para-hydroxylation sites is 1. The van der Waals surface area contributed by atoms with E-state index in [4.69, 9.17) is 4.74 Å². The van der Waals surface area contributed by atoms with Gasteiger partial charge in [-0.15, -0.1) is 0 Å². The fourth-order valence-electron chi connectivity index (χ4n) is 2.89. The van der Waals surface area contributed by atoms with Crippen molar-refractivity contribution in [3.63, 3.8) is 0 Å². The smallest absolute Gasteiger partial charge is 0.319 e. The van der Waals surface area contributed by atoms with Crippen LogP contribution < -0.4 is 20.7 Å². The predicted octanol–water partition coefficient (Wildman–Crippen LogP) is 3.96. The van der Waals surface area contributed by atoms with Gasteiger partial charge in [-0.1, -0.05) is 18.2 Å². The highest BCUT2D eigenvalue weighted by Crippen LogP contribution is 2.22. The number of hydrogen-bond acceptors (Lipinski definition) is 4. The molecule has 0 bridgehead atoms. The number of anilines is 1. The second-order valence-electron chi connectivity index (χ2n) is 7.12. The van der Waals surface area contributed by atoms with Crippen LogP contribution in [0.5, 0.6) is 5.75 Å². The summed E-state index contributed by atoms with van der Waals surface area (Å²) in [6.45, 7) is 4.74. The van der Waals surface area contributed by atoms with Crippen molar-refractivity contribution in [1.29, 1.82) is 0 Å². The first-order valence-corrected chi connectivity index (χ1v) is 9.95. The Bertz CT molecular complexity index is 998. The first-order valence-electron chi connectivity index (χ1n) is 9.95. The molecular formula is C23H26N4O3. The number of carbonyl (C=O) groups is 2. The number of hydrogen-bond donors (Lipinski definition) is 3. The Morgan fingerprint density at radius 3 is 2.57 bits per heavy atom. The zero-order valence-electron chi connectivity index (χ0n) is 17.1. The van der Waals surface area contributed by atoms with Crippen LogP contribution in [0.2, 0.25) is 0 Å². The van der Waals surface area contributed by atoms with Crippen LogP contribution in [0.1, 0.15) is 30.6 Å². The van der Waals surface area contributed by atoms with Gasteiger partial charge in [-0.25, -0.2) is 4.79 Å². The minimum atomic E-state index is -0.274. The van der Waals surface area contributed by atoms with E-state index in [9.17, 15) is 9.59 Å². The normalized spacial score (nSPS) is 10.6. The molecule has 156 valence electrons. The van der Waals surface area contributed by atoms with Gasteiger partial charge in [-0.2, -0.15) is 0 Å². The van der Waals surface area contributed by atoms with E-state index in [0.29, 0.717) is 30.8 Å². The average Bonchev–Trinajstić information content (AvgIpc) is 2.73. The van der Waals surface area contributed by atoms with Gasteiger partial charge in [0.2, 0.25) is 0 Å². The molecule has 1 aromatic heterocycles. The molecule has 3 N–H and O–H groups in total. The molecule has 7 heteroatoms. The van der Waals surface area contributed by atoms with E-state index in [-0.39, 0.29) is 18.0 Å². The standard InChI is InChI=1S/C23H26N4O3/c1-16(2)26-23(29)27-19-11-9-18(10-12-19)22(28)25-14-5-15-30-20-8-3-6-17-7-4-13-24-21(17)20/h3-4,6-13,16H,5,14-15H2,1-2H3,(H,25,28)(H2,26,27,29). The minimum absolute atomic E-state index is 0.0518. The molecule has 0 aliphatic carbocycles. The lowest BCUT2D eigenvalue weighted by Gasteiger charge is -2.11. The highest BCUT2D eigenvalue weighted by molar-refractivity contribution is 5.95. The van der Waals surface area contributed by atoms with Crippen LogP contribution in [0.4, 0.5) is 10.5 Å². The van der Waals surface area contributed by atoms with E-state index in [0.717, 1.165) is 16.7 Å². The van der Waals surface area contributed by atoms with Gasteiger partial charge in [0.25, 0.3) is 5.91 Å². The second-order valence-corrected chi connectivity index (χ2v) is 7.12. The van der Waals surface area contributed by atoms with E-state index >= 15 is 0 Å². The van der Waals surface area contributed by atoms with Crippen LogP contribution in [-0.4, -0.2) is 36.1 Å². The van der Waals surface area contributed by atoms with Crippen molar-refractivity contribution in [2.24, 2.45) is 0 Å². The summed E-state index contributed by atoms with van der Waals surface area (Å²) in [6.07, 6.45) is 2.41. The predicted molar refractivity (Wildman–Crippen MR) is 118 cm³/mol. The largest absolute Gasteiger partial charge is 0.491 e. The van der Waals surface area contributed by atoms with Gasteiger partial charge in [-0.3, -0.25) is 9.78 Å². The fraction of sp³-hybridized carbons (Fsp3) is 0.261. The molecule has 0 aliphatic heterocycles. The van der Waals surface area contributed by atoms with Crippen LogP contribution in [0, 0.1) is 0 Å². The number of rotatable bonds is 8. The van der Waals surface area contributed by atoms with Crippen LogP contribution in [-0.2, 0) is 0 Å². The lowest BCUT2D eigenvalue weighted by atomic mass is 10.2. The second kappa shape index (κ2) is 10.2. The summed E-state index contributed by atoms with van der Waals surface area (Å²) < 4.78 is 5.83. The third-order valence-corrected chi connectivity index (χ3v) is 4.28. The molecule has 0 saturated heterocycles. The summed E-state index contributed by atoms with van der Waals surface area (Å²) in [7, 11) is 0. The Morgan fingerprint density at radius 2 is 1.80 bits per heavy atom.